The molecule has 0 spiro atoms. The average Bonchev–Trinajstić information content (AvgIpc) is 2.70. The molecule has 0 atom stereocenters. The second kappa shape index (κ2) is 7.03. The van der Waals surface area contributed by atoms with Gasteiger partial charge in [-0.1, -0.05) is 11.8 Å². The van der Waals surface area contributed by atoms with Gasteiger partial charge in [0.25, 0.3) is 0 Å². The van der Waals surface area contributed by atoms with Gasteiger partial charge in [0.15, 0.2) is 5.57 Å². The summed E-state index contributed by atoms with van der Waals surface area (Å²) in [5.41, 5.74) is -0.121. The molecule has 0 unspecified atom stereocenters. The molecule has 1 amide bonds. The summed E-state index contributed by atoms with van der Waals surface area (Å²) in [5.74, 6) is -0.604. The van der Waals surface area contributed by atoms with Crippen LogP contribution in [0.2, 0.25) is 0 Å². The number of hydrogen-bond acceptors (Lipinski definition) is 6. The lowest BCUT2D eigenvalue weighted by Gasteiger charge is -2.17. The molecule has 98 valence electrons. The molecule has 1 aliphatic rings. The van der Waals surface area contributed by atoms with E-state index in [1.165, 1.54) is 23.8 Å². The normalized spacial score (nSPS) is 17.6. The van der Waals surface area contributed by atoms with Crippen molar-refractivity contribution in [2.24, 2.45) is 0 Å². The Labute approximate surface area is 110 Å². The van der Waals surface area contributed by atoms with Crippen molar-refractivity contribution in [3.63, 3.8) is 0 Å². The minimum atomic E-state index is -0.695. The zero-order valence-corrected chi connectivity index (χ0v) is 11.1. The minimum absolute atomic E-state index is 0.121. The van der Waals surface area contributed by atoms with Crippen LogP contribution in [0.4, 0.5) is 0 Å². The number of ether oxygens (including phenoxy) is 2. The number of nitrogens with zero attached hydrogens (tertiary/aromatic N) is 2. The van der Waals surface area contributed by atoms with Crippen LogP contribution in [0.1, 0.15) is 6.92 Å². The first-order chi connectivity index (χ1) is 8.65. The van der Waals surface area contributed by atoms with Gasteiger partial charge in [0, 0.05) is 13.7 Å². The number of hydrogen-bond donors (Lipinski definition) is 0. The van der Waals surface area contributed by atoms with E-state index < -0.39 is 5.97 Å². The van der Waals surface area contributed by atoms with Crippen LogP contribution >= 0.6 is 11.8 Å². The first-order valence-corrected chi connectivity index (χ1v) is 6.37. The second-order valence-corrected chi connectivity index (χ2v) is 4.30. The maximum atomic E-state index is 11.6. The highest BCUT2D eigenvalue weighted by Gasteiger charge is 2.32. The van der Waals surface area contributed by atoms with Gasteiger partial charge in [0.1, 0.15) is 11.1 Å². The zero-order chi connectivity index (χ0) is 13.5. The van der Waals surface area contributed by atoms with E-state index >= 15 is 0 Å². The quantitative estimate of drug-likeness (QED) is 0.411. The summed E-state index contributed by atoms with van der Waals surface area (Å²) in [7, 11) is 1.52. The van der Waals surface area contributed by atoms with Crippen LogP contribution < -0.4 is 0 Å². The van der Waals surface area contributed by atoms with Crippen LogP contribution in [0.5, 0.6) is 0 Å². The Hall–Kier alpha value is -1.52. The lowest BCUT2D eigenvalue weighted by Crippen LogP contribution is -2.29. The molecule has 0 N–H and O–H groups in total. The van der Waals surface area contributed by atoms with Gasteiger partial charge in [-0.3, -0.25) is 4.79 Å². The fourth-order valence-corrected chi connectivity index (χ4v) is 2.44. The zero-order valence-electron chi connectivity index (χ0n) is 10.3. The predicted octanol–water partition coefficient (Wildman–Crippen LogP) is 0.506. The second-order valence-electron chi connectivity index (χ2n) is 3.34. The molecule has 0 saturated carbocycles. The van der Waals surface area contributed by atoms with E-state index in [2.05, 4.69) is 0 Å². The van der Waals surface area contributed by atoms with Gasteiger partial charge in [-0.05, 0) is 6.92 Å². The number of amides is 1. The molecule has 1 heterocycles. The third-order valence-corrected chi connectivity index (χ3v) is 3.29. The third kappa shape index (κ3) is 3.24. The molecule has 1 rings (SSSR count). The van der Waals surface area contributed by atoms with Crippen molar-refractivity contribution in [2.45, 2.75) is 6.92 Å². The largest absolute Gasteiger partial charge is 0.462 e. The Morgan fingerprint density at radius 2 is 2.33 bits per heavy atom. The van der Waals surface area contributed by atoms with Crippen molar-refractivity contribution in [1.29, 1.82) is 5.26 Å². The van der Waals surface area contributed by atoms with Crippen LogP contribution in [-0.4, -0.2) is 49.4 Å². The Balaban J connectivity index is 2.98. The summed E-state index contributed by atoms with van der Waals surface area (Å²) in [6.07, 6.45) is 0. The van der Waals surface area contributed by atoms with Crippen LogP contribution in [0, 0.1) is 11.3 Å². The summed E-state index contributed by atoms with van der Waals surface area (Å²) in [5, 5.41) is 9.38. The topological polar surface area (TPSA) is 79.6 Å². The molecule has 1 aliphatic heterocycles. The monoisotopic (exact) mass is 270 g/mol. The van der Waals surface area contributed by atoms with Gasteiger partial charge in [-0.15, -0.1) is 0 Å². The standard InChI is InChI=1S/C11H14N2O4S/c1-3-17-11(15)8(6-12)10-13(4-5-16-2)9(14)7-18-10/h3-5,7H2,1-2H3/b10-8-. The number of carbonyl (C=O) groups excluding carboxylic acids is 2. The summed E-state index contributed by atoms with van der Waals surface area (Å²) in [6, 6.07) is 1.81. The minimum Gasteiger partial charge on any atom is -0.462 e. The molecule has 0 bridgehead atoms. The van der Waals surface area contributed by atoms with E-state index in [0.717, 1.165) is 0 Å². The SMILES string of the molecule is CCOC(=O)/C(C#N)=C1\SCC(=O)N1CCOC. The molecule has 7 heteroatoms. The molecule has 18 heavy (non-hydrogen) atoms. The van der Waals surface area contributed by atoms with E-state index in [1.54, 1.807) is 13.0 Å². The first kappa shape index (κ1) is 14.5. The van der Waals surface area contributed by atoms with E-state index in [0.29, 0.717) is 18.2 Å². The molecule has 6 nitrogen and oxygen atoms in total. The number of thioether (sulfide) groups is 1. The van der Waals surface area contributed by atoms with Crippen molar-refractivity contribution >= 4 is 23.6 Å². The van der Waals surface area contributed by atoms with Crippen LogP contribution in [0.15, 0.2) is 10.6 Å². The Morgan fingerprint density at radius 3 is 2.89 bits per heavy atom. The first-order valence-electron chi connectivity index (χ1n) is 5.39. The van der Waals surface area contributed by atoms with Crippen LogP contribution in [-0.2, 0) is 19.1 Å². The van der Waals surface area contributed by atoms with Crippen molar-refractivity contribution < 1.29 is 19.1 Å². The lowest BCUT2D eigenvalue weighted by atomic mass is 10.3. The van der Waals surface area contributed by atoms with Crippen molar-refractivity contribution in [3.8, 4) is 6.07 Å². The van der Waals surface area contributed by atoms with Crippen molar-refractivity contribution in [3.05, 3.63) is 10.6 Å². The Morgan fingerprint density at radius 1 is 1.61 bits per heavy atom. The molecule has 0 radical (unpaired) electrons. The van der Waals surface area contributed by atoms with Crippen LogP contribution in [0.25, 0.3) is 0 Å². The molecule has 0 aromatic rings. The summed E-state index contributed by atoms with van der Waals surface area (Å²) in [4.78, 5) is 24.6. The summed E-state index contributed by atoms with van der Waals surface area (Å²) in [6.45, 7) is 2.51. The lowest BCUT2D eigenvalue weighted by molar-refractivity contribution is -0.138. The maximum absolute atomic E-state index is 11.6. The highest BCUT2D eigenvalue weighted by atomic mass is 32.2. The molecule has 0 aromatic heterocycles. The molecular weight excluding hydrogens is 256 g/mol. The smallest absolute Gasteiger partial charge is 0.351 e. The van der Waals surface area contributed by atoms with Crippen molar-refractivity contribution in [1.82, 2.24) is 4.90 Å². The number of carbonyl (C=O) groups is 2. The average molecular weight is 270 g/mol. The van der Waals surface area contributed by atoms with Gasteiger partial charge in [0.2, 0.25) is 5.91 Å². The Bertz CT molecular complexity index is 414. The predicted molar refractivity (Wildman–Crippen MR) is 65.3 cm³/mol. The number of rotatable bonds is 5. The molecular formula is C11H14N2O4S. The summed E-state index contributed by atoms with van der Waals surface area (Å²) >= 11 is 1.17. The third-order valence-electron chi connectivity index (χ3n) is 2.20. The van der Waals surface area contributed by atoms with Gasteiger partial charge in [-0.25, -0.2) is 4.79 Å². The fourth-order valence-electron chi connectivity index (χ4n) is 1.40. The Kier molecular flexibility index (Phi) is 5.68. The highest BCUT2D eigenvalue weighted by Crippen LogP contribution is 2.31. The van der Waals surface area contributed by atoms with E-state index in [9.17, 15) is 9.59 Å². The van der Waals surface area contributed by atoms with E-state index in [1.807, 2.05) is 0 Å². The maximum Gasteiger partial charge on any atom is 0.351 e. The number of nitriles is 1. The van der Waals surface area contributed by atoms with E-state index in [4.69, 9.17) is 14.7 Å². The van der Waals surface area contributed by atoms with E-state index in [-0.39, 0.29) is 23.8 Å². The van der Waals surface area contributed by atoms with Gasteiger partial charge in [0.05, 0.1) is 19.0 Å². The molecule has 1 fully saturated rings. The fraction of sp³-hybridized carbons (Fsp3) is 0.545. The van der Waals surface area contributed by atoms with Gasteiger partial charge >= 0.3 is 5.97 Å². The van der Waals surface area contributed by atoms with Gasteiger partial charge < -0.3 is 14.4 Å². The summed E-state index contributed by atoms with van der Waals surface area (Å²) < 4.78 is 9.69. The molecule has 0 aliphatic carbocycles. The van der Waals surface area contributed by atoms with Gasteiger partial charge in [-0.2, -0.15) is 5.26 Å². The molecule has 0 aromatic carbocycles. The molecule has 1 saturated heterocycles. The van der Waals surface area contributed by atoms with Crippen LogP contribution in [0.3, 0.4) is 0 Å². The number of methoxy groups -OCH3 is 1. The van der Waals surface area contributed by atoms with Crippen molar-refractivity contribution in [2.75, 3.05) is 32.6 Å². The number of esters is 1. The highest BCUT2D eigenvalue weighted by molar-refractivity contribution is 8.04.